The van der Waals surface area contributed by atoms with Crippen LogP contribution < -0.4 is 14.2 Å². The highest BCUT2D eigenvalue weighted by Gasteiger charge is 2.17. The molecule has 0 aliphatic heterocycles. The fourth-order valence-corrected chi connectivity index (χ4v) is 3.35. The molecule has 3 aromatic carbocycles. The molecule has 3 rings (SSSR count). The Morgan fingerprint density at radius 2 is 1.08 bits per heavy atom. The highest BCUT2D eigenvalue weighted by molar-refractivity contribution is 5.92. The van der Waals surface area contributed by atoms with Crippen molar-refractivity contribution in [3.8, 4) is 28.4 Å². The number of carbonyl (C=O) groups excluding carboxylic acids is 3. The number of benzene rings is 3. The predicted molar refractivity (Wildman–Crippen MR) is 153 cm³/mol. The highest BCUT2D eigenvalue weighted by Crippen LogP contribution is 2.37. The van der Waals surface area contributed by atoms with Crippen LogP contribution in [0.3, 0.4) is 0 Å². The molecule has 0 heterocycles. The molecule has 6 nitrogen and oxygen atoms in total. The molecule has 0 aliphatic rings. The number of esters is 3. The van der Waals surface area contributed by atoms with E-state index in [-0.39, 0.29) is 5.57 Å². The first-order valence-corrected chi connectivity index (χ1v) is 12.1. The summed E-state index contributed by atoms with van der Waals surface area (Å²) in [4.78, 5) is 36.0. The molecule has 6 heteroatoms. The lowest BCUT2D eigenvalue weighted by atomic mass is 9.97. The van der Waals surface area contributed by atoms with E-state index in [1.54, 1.807) is 57.2 Å². The zero-order chi connectivity index (χ0) is 28.7. The lowest BCUT2D eigenvalue weighted by Crippen LogP contribution is -2.10. The van der Waals surface area contributed by atoms with Gasteiger partial charge in [-0.15, -0.1) is 0 Å². The van der Waals surface area contributed by atoms with Crippen molar-refractivity contribution >= 4 is 30.1 Å². The Kier molecular flexibility index (Phi) is 9.18. The average Bonchev–Trinajstić information content (AvgIpc) is 2.90. The van der Waals surface area contributed by atoms with Gasteiger partial charge in [0.1, 0.15) is 17.2 Å². The molecule has 0 amide bonds. The number of carbonyl (C=O) groups is 3. The largest absolute Gasteiger partial charge is 0.423 e. The van der Waals surface area contributed by atoms with E-state index >= 15 is 0 Å². The number of ether oxygens (including phenoxy) is 3. The molecule has 0 unspecified atom stereocenters. The van der Waals surface area contributed by atoms with Crippen molar-refractivity contribution in [1.82, 2.24) is 0 Å². The van der Waals surface area contributed by atoms with Gasteiger partial charge in [0.2, 0.25) is 0 Å². The number of hydrogen-bond donors (Lipinski definition) is 0. The fourth-order valence-electron chi connectivity index (χ4n) is 3.35. The maximum atomic E-state index is 12.5. The Hall–Kier alpha value is -4.97. The van der Waals surface area contributed by atoms with Gasteiger partial charge in [-0.2, -0.15) is 0 Å². The minimum atomic E-state index is -0.535. The SMILES string of the molecule is C=C(C)C(=O)Oc1ccc(/C=C/c2ccc(-c3ccc(OC(=O)C(=C)C)cc3)c(OC(=O)C(=C)C)c2C)cc1. The molecule has 0 N–H and O–H groups in total. The summed E-state index contributed by atoms with van der Waals surface area (Å²) in [6.45, 7) is 17.5. The Morgan fingerprint density at radius 3 is 1.56 bits per heavy atom. The third-order valence-electron chi connectivity index (χ3n) is 5.61. The first kappa shape index (κ1) is 28.6. The summed E-state index contributed by atoms with van der Waals surface area (Å²) in [6.07, 6.45) is 3.81. The van der Waals surface area contributed by atoms with Crippen molar-refractivity contribution in [3.63, 3.8) is 0 Å². The monoisotopic (exact) mass is 522 g/mol. The molecular weight excluding hydrogens is 492 g/mol. The van der Waals surface area contributed by atoms with E-state index in [0.29, 0.717) is 34.0 Å². The summed E-state index contributed by atoms with van der Waals surface area (Å²) in [7, 11) is 0. The van der Waals surface area contributed by atoms with E-state index in [0.717, 1.165) is 22.3 Å². The van der Waals surface area contributed by atoms with Crippen LogP contribution in [0.1, 0.15) is 37.5 Å². The van der Waals surface area contributed by atoms with Gasteiger partial charge in [-0.1, -0.05) is 68.3 Å². The van der Waals surface area contributed by atoms with Gasteiger partial charge in [-0.05, 0) is 74.2 Å². The molecule has 0 aliphatic carbocycles. The van der Waals surface area contributed by atoms with Crippen LogP contribution in [-0.4, -0.2) is 17.9 Å². The van der Waals surface area contributed by atoms with Gasteiger partial charge in [0.25, 0.3) is 0 Å². The number of hydrogen-bond acceptors (Lipinski definition) is 6. The third kappa shape index (κ3) is 7.52. The van der Waals surface area contributed by atoms with Crippen molar-refractivity contribution in [1.29, 1.82) is 0 Å². The topological polar surface area (TPSA) is 78.9 Å². The van der Waals surface area contributed by atoms with Crippen LogP contribution in [0.15, 0.2) is 97.1 Å². The normalized spacial score (nSPS) is 10.6. The summed E-state index contributed by atoms with van der Waals surface area (Å²) in [5.74, 6) is -0.313. The highest BCUT2D eigenvalue weighted by atomic mass is 16.5. The average molecular weight is 523 g/mol. The van der Waals surface area contributed by atoms with Crippen molar-refractivity contribution < 1.29 is 28.6 Å². The van der Waals surface area contributed by atoms with Crippen molar-refractivity contribution in [2.45, 2.75) is 27.7 Å². The molecule has 39 heavy (non-hydrogen) atoms. The van der Waals surface area contributed by atoms with Gasteiger partial charge in [0, 0.05) is 22.3 Å². The van der Waals surface area contributed by atoms with E-state index in [9.17, 15) is 14.4 Å². The lowest BCUT2D eigenvalue weighted by molar-refractivity contribution is -0.130. The van der Waals surface area contributed by atoms with E-state index < -0.39 is 17.9 Å². The van der Waals surface area contributed by atoms with Crippen LogP contribution >= 0.6 is 0 Å². The second-order valence-electron chi connectivity index (χ2n) is 9.09. The Morgan fingerprint density at radius 1 is 0.615 bits per heavy atom. The quantitative estimate of drug-likeness (QED) is 0.127. The first-order chi connectivity index (χ1) is 18.5. The summed E-state index contributed by atoms with van der Waals surface area (Å²) < 4.78 is 16.3. The molecular formula is C33H30O6. The van der Waals surface area contributed by atoms with Crippen molar-refractivity contribution in [2.24, 2.45) is 0 Å². The van der Waals surface area contributed by atoms with Crippen molar-refractivity contribution in [2.75, 3.05) is 0 Å². The predicted octanol–water partition coefficient (Wildman–Crippen LogP) is 7.28. The van der Waals surface area contributed by atoms with Crippen LogP contribution in [0.5, 0.6) is 17.2 Å². The Labute approximate surface area is 228 Å². The van der Waals surface area contributed by atoms with Gasteiger partial charge >= 0.3 is 17.9 Å². The van der Waals surface area contributed by atoms with Crippen LogP contribution in [-0.2, 0) is 14.4 Å². The molecule has 0 saturated carbocycles. The molecule has 0 atom stereocenters. The molecule has 0 bridgehead atoms. The maximum Gasteiger partial charge on any atom is 0.338 e. The second kappa shape index (κ2) is 12.5. The lowest BCUT2D eigenvalue weighted by Gasteiger charge is -2.16. The van der Waals surface area contributed by atoms with Crippen LogP contribution in [0.2, 0.25) is 0 Å². The van der Waals surface area contributed by atoms with Crippen LogP contribution in [0.4, 0.5) is 0 Å². The zero-order valence-electron chi connectivity index (χ0n) is 22.5. The van der Waals surface area contributed by atoms with Gasteiger partial charge in [-0.25, -0.2) is 14.4 Å². The van der Waals surface area contributed by atoms with Gasteiger partial charge in [-0.3, -0.25) is 0 Å². The van der Waals surface area contributed by atoms with E-state index in [1.807, 2.05) is 43.3 Å². The molecule has 0 saturated heterocycles. The second-order valence-corrected chi connectivity index (χ2v) is 9.09. The molecule has 0 spiro atoms. The molecule has 0 radical (unpaired) electrons. The molecule has 0 fully saturated rings. The summed E-state index contributed by atoms with van der Waals surface area (Å²) in [5.41, 5.74) is 4.84. The Bertz CT molecular complexity index is 1490. The summed E-state index contributed by atoms with van der Waals surface area (Å²) in [6, 6.07) is 17.7. The standard InChI is InChI=1S/C33H30O6/c1-20(2)31(34)37-27-15-9-24(10-16-27)8-11-25-14-19-29(30(23(25)7)39-33(36)22(5)6)26-12-17-28(18-13-26)38-32(35)21(3)4/h8-19H,1,3,5H2,2,4,6-7H3/b11-8+. The smallest absolute Gasteiger partial charge is 0.338 e. The van der Waals surface area contributed by atoms with Gasteiger partial charge in [0.15, 0.2) is 0 Å². The summed E-state index contributed by atoms with van der Waals surface area (Å²) >= 11 is 0. The minimum Gasteiger partial charge on any atom is -0.423 e. The van der Waals surface area contributed by atoms with E-state index in [4.69, 9.17) is 14.2 Å². The first-order valence-electron chi connectivity index (χ1n) is 12.1. The van der Waals surface area contributed by atoms with Crippen LogP contribution in [0.25, 0.3) is 23.3 Å². The maximum absolute atomic E-state index is 12.5. The molecule has 198 valence electrons. The van der Waals surface area contributed by atoms with E-state index in [1.165, 1.54) is 0 Å². The van der Waals surface area contributed by atoms with Gasteiger partial charge < -0.3 is 14.2 Å². The van der Waals surface area contributed by atoms with Crippen molar-refractivity contribution in [3.05, 3.63) is 114 Å². The number of rotatable bonds is 9. The van der Waals surface area contributed by atoms with Crippen LogP contribution in [0, 0.1) is 6.92 Å². The summed E-state index contributed by atoms with van der Waals surface area (Å²) in [5, 5.41) is 0. The third-order valence-corrected chi connectivity index (χ3v) is 5.61. The zero-order valence-corrected chi connectivity index (χ0v) is 22.5. The Balaban J connectivity index is 1.92. The van der Waals surface area contributed by atoms with Gasteiger partial charge in [0.05, 0.1) is 0 Å². The molecule has 3 aromatic rings. The molecule has 0 aromatic heterocycles. The van der Waals surface area contributed by atoms with E-state index in [2.05, 4.69) is 19.7 Å². The fraction of sp³-hybridized carbons (Fsp3) is 0.121. The minimum absolute atomic E-state index is 0.274.